The number of benzene rings is 1. The minimum absolute atomic E-state index is 0.0417. The van der Waals surface area contributed by atoms with E-state index >= 15 is 0 Å². The lowest BCUT2D eigenvalue weighted by Gasteiger charge is -2.34. The minimum Gasteiger partial charge on any atom is -0.335 e. The van der Waals surface area contributed by atoms with Crippen LogP contribution in [0.2, 0.25) is 0 Å². The van der Waals surface area contributed by atoms with E-state index in [4.69, 9.17) is 0 Å². The Balaban J connectivity index is 1.41. The molecular weight excluding hydrogens is 372 g/mol. The Morgan fingerprint density at radius 1 is 1.07 bits per heavy atom. The number of carbonyl (C=O) groups excluding carboxylic acids is 1. The highest BCUT2D eigenvalue weighted by Crippen LogP contribution is 2.17. The quantitative estimate of drug-likeness (QED) is 0.678. The summed E-state index contributed by atoms with van der Waals surface area (Å²) in [5.41, 5.74) is 4.42. The molecule has 0 atom stereocenters. The van der Waals surface area contributed by atoms with Gasteiger partial charge >= 0.3 is 0 Å². The molecule has 3 aromatic rings. The fraction of sp³-hybridized carbons (Fsp3) is 0.400. The van der Waals surface area contributed by atoms with Gasteiger partial charge < -0.3 is 4.90 Å². The van der Waals surface area contributed by atoms with Gasteiger partial charge in [-0.2, -0.15) is 0 Å². The van der Waals surface area contributed by atoms with Crippen molar-refractivity contribution in [2.75, 3.05) is 26.2 Å². The van der Waals surface area contributed by atoms with Crippen LogP contribution in [0.15, 0.2) is 29.6 Å². The number of hydrogen-bond donors (Lipinski definition) is 0. The number of piperazine rings is 1. The van der Waals surface area contributed by atoms with Gasteiger partial charge in [-0.3, -0.25) is 9.69 Å². The lowest BCUT2D eigenvalue weighted by atomic mass is 10.2. The molecule has 3 heterocycles. The van der Waals surface area contributed by atoms with Gasteiger partial charge in [-0.1, -0.05) is 22.9 Å². The van der Waals surface area contributed by atoms with E-state index in [1.54, 1.807) is 16.0 Å². The molecule has 2 aromatic heterocycles. The van der Waals surface area contributed by atoms with Crippen molar-refractivity contribution in [3.8, 4) is 5.69 Å². The molecule has 0 N–H and O–H groups in total. The average Bonchev–Trinajstić information content (AvgIpc) is 3.28. The highest BCUT2D eigenvalue weighted by molar-refractivity contribution is 7.09. The predicted molar refractivity (Wildman–Crippen MR) is 109 cm³/mol. The Kier molecular flexibility index (Phi) is 5.23. The van der Waals surface area contributed by atoms with Crippen molar-refractivity contribution in [2.24, 2.45) is 0 Å². The van der Waals surface area contributed by atoms with Crippen LogP contribution < -0.4 is 0 Å². The Morgan fingerprint density at radius 2 is 1.79 bits per heavy atom. The molecule has 0 saturated carbocycles. The average molecular weight is 397 g/mol. The van der Waals surface area contributed by atoms with E-state index in [-0.39, 0.29) is 5.91 Å². The van der Waals surface area contributed by atoms with Gasteiger partial charge in [0, 0.05) is 38.1 Å². The Morgan fingerprint density at radius 3 is 2.43 bits per heavy atom. The van der Waals surface area contributed by atoms with Crippen molar-refractivity contribution in [3.05, 3.63) is 57.3 Å². The predicted octanol–water partition coefficient (Wildman–Crippen LogP) is 2.61. The molecule has 0 aliphatic carbocycles. The van der Waals surface area contributed by atoms with Crippen LogP contribution in [0.1, 0.15) is 32.4 Å². The molecule has 0 unspecified atom stereocenters. The van der Waals surface area contributed by atoms with Gasteiger partial charge in [0.25, 0.3) is 5.91 Å². The molecular formula is C20H24N6OS. The molecule has 4 rings (SSSR count). The van der Waals surface area contributed by atoms with Gasteiger partial charge in [0.15, 0.2) is 5.69 Å². The number of amides is 1. The third kappa shape index (κ3) is 3.83. The normalized spacial score (nSPS) is 15.2. The second-order valence-electron chi connectivity index (χ2n) is 7.20. The summed E-state index contributed by atoms with van der Waals surface area (Å²) in [6.07, 6.45) is 0. The molecule has 0 spiro atoms. The third-order valence-electron chi connectivity index (χ3n) is 5.09. The minimum atomic E-state index is -0.0417. The molecule has 1 aliphatic heterocycles. The maximum Gasteiger partial charge on any atom is 0.276 e. The van der Waals surface area contributed by atoms with Gasteiger partial charge in [-0.25, -0.2) is 9.67 Å². The highest BCUT2D eigenvalue weighted by Gasteiger charge is 2.26. The van der Waals surface area contributed by atoms with Gasteiger partial charge in [0.1, 0.15) is 0 Å². The van der Waals surface area contributed by atoms with E-state index in [2.05, 4.69) is 25.6 Å². The number of carbonyl (C=O) groups is 1. The van der Waals surface area contributed by atoms with Gasteiger partial charge in [-0.05, 0) is 32.9 Å². The summed E-state index contributed by atoms with van der Waals surface area (Å²) in [5, 5.41) is 11.6. The molecule has 1 aromatic carbocycles. The first-order chi connectivity index (χ1) is 13.5. The Labute approximate surface area is 168 Å². The smallest absolute Gasteiger partial charge is 0.276 e. The zero-order valence-electron chi connectivity index (χ0n) is 16.4. The van der Waals surface area contributed by atoms with Crippen LogP contribution in [0, 0.1) is 20.8 Å². The van der Waals surface area contributed by atoms with Crippen LogP contribution in [0.25, 0.3) is 5.69 Å². The summed E-state index contributed by atoms with van der Waals surface area (Å²) in [5.74, 6) is -0.0417. The van der Waals surface area contributed by atoms with Crippen LogP contribution in [0.4, 0.5) is 0 Å². The maximum absolute atomic E-state index is 13.0. The summed E-state index contributed by atoms with van der Waals surface area (Å²) in [7, 11) is 0. The molecule has 28 heavy (non-hydrogen) atoms. The monoisotopic (exact) mass is 396 g/mol. The second kappa shape index (κ2) is 7.81. The van der Waals surface area contributed by atoms with Gasteiger partial charge in [0.2, 0.25) is 0 Å². The largest absolute Gasteiger partial charge is 0.335 e. The number of thiazole rings is 1. The molecule has 1 saturated heterocycles. The number of aryl methyl sites for hydroxylation is 2. The van der Waals surface area contributed by atoms with Crippen LogP contribution >= 0.6 is 11.3 Å². The maximum atomic E-state index is 13.0. The lowest BCUT2D eigenvalue weighted by Crippen LogP contribution is -2.48. The Bertz CT molecular complexity index is 969. The number of nitrogens with zero attached hydrogens (tertiary/aromatic N) is 6. The Hall–Kier alpha value is -2.58. The zero-order valence-corrected chi connectivity index (χ0v) is 17.2. The number of hydrogen-bond acceptors (Lipinski definition) is 6. The van der Waals surface area contributed by atoms with Crippen molar-refractivity contribution >= 4 is 17.2 Å². The molecule has 7 nitrogen and oxygen atoms in total. The molecule has 1 aliphatic rings. The van der Waals surface area contributed by atoms with E-state index in [0.717, 1.165) is 41.7 Å². The van der Waals surface area contributed by atoms with Crippen molar-refractivity contribution in [1.29, 1.82) is 0 Å². The molecule has 1 fully saturated rings. The van der Waals surface area contributed by atoms with E-state index in [9.17, 15) is 4.79 Å². The first-order valence-corrected chi connectivity index (χ1v) is 10.3. The first-order valence-electron chi connectivity index (χ1n) is 9.43. The molecule has 8 heteroatoms. The van der Waals surface area contributed by atoms with Crippen LogP contribution in [-0.2, 0) is 6.54 Å². The van der Waals surface area contributed by atoms with Crippen molar-refractivity contribution in [3.63, 3.8) is 0 Å². The molecule has 0 bridgehead atoms. The number of rotatable bonds is 4. The fourth-order valence-corrected chi connectivity index (χ4v) is 4.03. The summed E-state index contributed by atoms with van der Waals surface area (Å²) in [6, 6.07) is 8.04. The summed E-state index contributed by atoms with van der Waals surface area (Å²) in [6.45, 7) is 9.88. The third-order valence-corrected chi connectivity index (χ3v) is 5.91. The summed E-state index contributed by atoms with van der Waals surface area (Å²) in [4.78, 5) is 21.7. The van der Waals surface area contributed by atoms with Crippen molar-refractivity contribution in [2.45, 2.75) is 27.3 Å². The molecule has 146 valence electrons. The summed E-state index contributed by atoms with van der Waals surface area (Å²) >= 11 is 1.68. The highest BCUT2D eigenvalue weighted by atomic mass is 32.1. The fourth-order valence-electron chi connectivity index (χ4n) is 3.43. The van der Waals surface area contributed by atoms with E-state index in [0.29, 0.717) is 18.8 Å². The number of aromatic nitrogens is 4. The van der Waals surface area contributed by atoms with Crippen LogP contribution in [-0.4, -0.2) is 61.9 Å². The SMILES string of the molecule is Cc1ccc(-n2nnc(C(=O)N3CCN(Cc4csc(C)n4)CC3)c2C)cc1. The van der Waals surface area contributed by atoms with Crippen molar-refractivity contribution < 1.29 is 4.79 Å². The van der Waals surface area contributed by atoms with Gasteiger partial charge in [-0.15, -0.1) is 16.4 Å². The van der Waals surface area contributed by atoms with Crippen LogP contribution in [0.5, 0.6) is 0 Å². The van der Waals surface area contributed by atoms with Gasteiger partial charge in [0.05, 0.1) is 22.1 Å². The van der Waals surface area contributed by atoms with Crippen molar-refractivity contribution in [1.82, 2.24) is 29.8 Å². The van der Waals surface area contributed by atoms with E-state index in [1.807, 2.05) is 49.9 Å². The molecule has 0 radical (unpaired) electrons. The zero-order chi connectivity index (χ0) is 19.7. The lowest BCUT2D eigenvalue weighted by molar-refractivity contribution is 0.0620. The second-order valence-corrected chi connectivity index (χ2v) is 8.26. The van der Waals surface area contributed by atoms with Crippen LogP contribution in [0.3, 0.4) is 0 Å². The van der Waals surface area contributed by atoms with E-state index < -0.39 is 0 Å². The standard InChI is InChI=1S/C20H24N6OS/c1-14-4-6-18(7-5-14)26-15(2)19(22-23-26)20(27)25-10-8-24(9-11-25)12-17-13-28-16(3)21-17/h4-7,13H,8-12H2,1-3H3. The topological polar surface area (TPSA) is 67.2 Å². The first kappa shape index (κ1) is 18.8. The van der Waals surface area contributed by atoms with E-state index in [1.165, 1.54) is 5.56 Å². The summed E-state index contributed by atoms with van der Waals surface area (Å²) < 4.78 is 1.73. The molecule has 1 amide bonds.